The van der Waals surface area contributed by atoms with Gasteiger partial charge in [-0.3, -0.25) is 0 Å². The van der Waals surface area contributed by atoms with Crippen LogP contribution in [0.3, 0.4) is 0 Å². The minimum Gasteiger partial charge on any atom is -0.327 e. The summed E-state index contributed by atoms with van der Waals surface area (Å²) in [6, 6.07) is 5.81. The van der Waals surface area contributed by atoms with Gasteiger partial charge in [0.2, 0.25) is 0 Å². The monoisotopic (exact) mass is 259 g/mol. The lowest BCUT2D eigenvalue weighted by molar-refractivity contribution is 0.203. The van der Waals surface area contributed by atoms with Crippen LogP contribution >= 0.6 is 0 Å². The molecule has 2 N–H and O–H groups in total. The zero-order valence-corrected chi connectivity index (χ0v) is 11.1. The highest BCUT2D eigenvalue weighted by Gasteiger charge is 2.25. The van der Waals surface area contributed by atoms with Gasteiger partial charge in [-0.2, -0.15) is 0 Å². The molecule has 0 amide bonds. The third-order valence-corrected chi connectivity index (χ3v) is 4.96. The number of hydrogen-bond acceptors (Lipinski definition) is 3. The van der Waals surface area contributed by atoms with E-state index in [1.54, 1.807) is 13.8 Å². The first kappa shape index (κ1) is 14.1. The number of hydrogen-bond donors (Lipinski definition) is 1. The zero-order chi connectivity index (χ0) is 13.3. The van der Waals surface area contributed by atoms with Crippen LogP contribution in [0.25, 0.3) is 0 Å². The molecule has 0 aromatic heterocycles. The number of halogens is 1. The van der Waals surface area contributed by atoms with Crippen molar-refractivity contribution in [3.8, 4) is 0 Å². The van der Waals surface area contributed by atoms with Crippen molar-refractivity contribution in [2.45, 2.75) is 36.6 Å². The maximum absolute atomic E-state index is 13.9. The van der Waals surface area contributed by atoms with Gasteiger partial charge in [0.25, 0.3) is 0 Å². The van der Waals surface area contributed by atoms with Crippen LogP contribution in [-0.2, 0) is 15.5 Å². The Labute approximate surface area is 102 Å². The van der Waals surface area contributed by atoms with E-state index in [1.165, 1.54) is 31.2 Å². The summed E-state index contributed by atoms with van der Waals surface area (Å²) >= 11 is 0. The van der Waals surface area contributed by atoms with E-state index < -0.39 is 20.8 Å². The van der Waals surface area contributed by atoms with E-state index in [2.05, 4.69) is 0 Å². The van der Waals surface area contributed by atoms with Crippen LogP contribution < -0.4 is 5.73 Å². The second kappa shape index (κ2) is 4.74. The van der Waals surface area contributed by atoms with Gasteiger partial charge in [-0.25, -0.2) is 12.8 Å². The smallest absolute Gasteiger partial charge is 0.180 e. The Hall–Kier alpha value is -0.940. The van der Waals surface area contributed by atoms with Gasteiger partial charge in [0, 0.05) is 6.54 Å². The van der Waals surface area contributed by atoms with Crippen LogP contribution in [-0.4, -0.2) is 20.2 Å². The summed E-state index contributed by atoms with van der Waals surface area (Å²) < 4.78 is 37.6. The van der Waals surface area contributed by atoms with E-state index in [0.29, 0.717) is 5.56 Å². The number of alkyl halides is 1. The third-order valence-electron chi connectivity index (χ3n) is 2.79. The van der Waals surface area contributed by atoms with Gasteiger partial charge in [-0.1, -0.05) is 12.1 Å². The molecule has 1 atom stereocenters. The summed E-state index contributed by atoms with van der Waals surface area (Å²) in [6.07, 6.45) is 0. The molecule has 0 radical (unpaired) electrons. The van der Waals surface area contributed by atoms with E-state index in [4.69, 9.17) is 5.73 Å². The predicted octanol–water partition coefficient (Wildman–Crippen LogP) is 2.01. The second-order valence-corrected chi connectivity index (χ2v) is 7.02. The van der Waals surface area contributed by atoms with Crippen LogP contribution in [0, 0.1) is 0 Å². The van der Waals surface area contributed by atoms with Gasteiger partial charge in [-0.05, 0) is 38.5 Å². The van der Waals surface area contributed by atoms with E-state index >= 15 is 0 Å². The first-order valence-electron chi connectivity index (χ1n) is 5.45. The van der Waals surface area contributed by atoms with E-state index in [9.17, 15) is 12.8 Å². The molecule has 5 heteroatoms. The van der Waals surface area contributed by atoms with Crippen molar-refractivity contribution >= 4 is 9.84 Å². The largest absolute Gasteiger partial charge is 0.327 e. The molecule has 17 heavy (non-hydrogen) atoms. The highest BCUT2D eigenvalue weighted by Crippen LogP contribution is 2.26. The Morgan fingerprint density at radius 3 is 2.12 bits per heavy atom. The molecule has 0 bridgehead atoms. The molecule has 0 heterocycles. The maximum Gasteiger partial charge on any atom is 0.180 e. The molecule has 0 saturated carbocycles. The van der Waals surface area contributed by atoms with Crippen molar-refractivity contribution < 1.29 is 12.8 Å². The molecule has 0 saturated heterocycles. The minimum absolute atomic E-state index is 0.136. The van der Waals surface area contributed by atoms with Crippen LogP contribution in [0.2, 0.25) is 0 Å². The lowest BCUT2D eigenvalue weighted by atomic mass is 9.98. The standard InChI is InChI=1S/C12H18FNO2S/c1-9(2)17(15,16)11-6-4-10(5-7-11)12(3,13)8-14/h4-7,9H,8,14H2,1-3H3. The van der Waals surface area contributed by atoms with Gasteiger partial charge in [0.15, 0.2) is 9.84 Å². The van der Waals surface area contributed by atoms with E-state index in [0.717, 1.165) is 0 Å². The molecule has 0 spiro atoms. The highest BCUT2D eigenvalue weighted by atomic mass is 32.2. The normalized spacial score (nSPS) is 15.9. The molecular weight excluding hydrogens is 241 g/mol. The third kappa shape index (κ3) is 2.84. The van der Waals surface area contributed by atoms with Crippen LogP contribution in [0.15, 0.2) is 29.2 Å². The van der Waals surface area contributed by atoms with Crippen LogP contribution in [0.5, 0.6) is 0 Å². The number of sulfone groups is 1. The molecule has 96 valence electrons. The lowest BCUT2D eigenvalue weighted by Gasteiger charge is -2.18. The number of benzene rings is 1. The first-order valence-corrected chi connectivity index (χ1v) is 7.00. The maximum atomic E-state index is 13.9. The molecule has 1 unspecified atom stereocenters. The lowest BCUT2D eigenvalue weighted by Crippen LogP contribution is -2.26. The van der Waals surface area contributed by atoms with Crippen molar-refractivity contribution in [3.63, 3.8) is 0 Å². The Bertz CT molecular complexity index is 478. The van der Waals surface area contributed by atoms with Gasteiger partial charge >= 0.3 is 0 Å². The topological polar surface area (TPSA) is 60.2 Å². The molecule has 3 nitrogen and oxygen atoms in total. The average Bonchev–Trinajstić information content (AvgIpc) is 2.29. The van der Waals surface area contributed by atoms with Gasteiger partial charge < -0.3 is 5.73 Å². The molecule has 0 aliphatic heterocycles. The van der Waals surface area contributed by atoms with Gasteiger partial charge in [0.1, 0.15) is 5.67 Å². The number of nitrogens with two attached hydrogens (primary N) is 1. The van der Waals surface area contributed by atoms with Crippen molar-refractivity contribution in [3.05, 3.63) is 29.8 Å². The fourth-order valence-electron chi connectivity index (χ4n) is 1.38. The number of rotatable bonds is 4. The second-order valence-electron chi connectivity index (χ2n) is 4.52. The van der Waals surface area contributed by atoms with Crippen LogP contribution in [0.1, 0.15) is 26.3 Å². The Kier molecular flexibility index (Phi) is 3.94. The summed E-state index contributed by atoms with van der Waals surface area (Å²) in [5.41, 5.74) is 4.08. The van der Waals surface area contributed by atoms with Crippen molar-refractivity contribution in [2.24, 2.45) is 5.73 Å². The SMILES string of the molecule is CC(C)S(=O)(=O)c1ccc(C(C)(F)CN)cc1. The molecular formula is C12H18FNO2S. The van der Waals surface area contributed by atoms with Crippen molar-refractivity contribution in [1.82, 2.24) is 0 Å². The molecule has 0 aliphatic rings. The zero-order valence-electron chi connectivity index (χ0n) is 10.3. The van der Waals surface area contributed by atoms with Gasteiger partial charge in [0.05, 0.1) is 10.1 Å². The Morgan fingerprint density at radius 2 is 1.76 bits per heavy atom. The molecule has 1 rings (SSSR count). The summed E-state index contributed by atoms with van der Waals surface area (Å²) in [7, 11) is -3.30. The Morgan fingerprint density at radius 1 is 1.29 bits per heavy atom. The van der Waals surface area contributed by atoms with Crippen molar-refractivity contribution in [2.75, 3.05) is 6.54 Å². The minimum atomic E-state index is -3.30. The summed E-state index contributed by atoms with van der Waals surface area (Å²) in [6.45, 7) is 4.47. The quantitative estimate of drug-likeness (QED) is 0.899. The Balaban J connectivity index is 3.14. The molecule has 0 fully saturated rings. The fraction of sp³-hybridized carbons (Fsp3) is 0.500. The first-order chi connectivity index (χ1) is 7.71. The molecule has 1 aromatic carbocycles. The summed E-state index contributed by atoms with van der Waals surface area (Å²) in [4.78, 5) is 0.212. The van der Waals surface area contributed by atoms with Crippen molar-refractivity contribution in [1.29, 1.82) is 0 Å². The van der Waals surface area contributed by atoms with E-state index in [-0.39, 0.29) is 11.4 Å². The molecule has 1 aromatic rings. The highest BCUT2D eigenvalue weighted by molar-refractivity contribution is 7.92. The predicted molar refractivity (Wildman–Crippen MR) is 66.3 cm³/mol. The van der Waals surface area contributed by atoms with Gasteiger partial charge in [-0.15, -0.1) is 0 Å². The fourth-order valence-corrected chi connectivity index (χ4v) is 2.44. The summed E-state index contributed by atoms with van der Waals surface area (Å²) in [5.74, 6) is 0. The molecule has 0 aliphatic carbocycles. The van der Waals surface area contributed by atoms with Crippen LogP contribution in [0.4, 0.5) is 4.39 Å². The van der Waals surface area contributed by atoms with E-state index in [1.807, 2.05) is 0 Å². The summed E-state index contributed by atoms with van der Waals surface area (Å²) in [5, 5.41) is -0.486. The average molecular weight is 259 g/mol.